The molecule has 0 fully saturated rings. The van der Waals surface area contributed by atoms with Crippen LogP contribution in [0.2, 0.25) is 0 Å². The Bertz CT molecular complexity index is 875. The first kappa shape index (κ1) is 23.5. The van der Waals surface area contributed by atoms with Gasteiger partial charge in [0.2, 0.25) is 5.78 Å². The van der Waals surface area contributed by atoms with Gasteiger partial charge in [0.05, 0.1) is 19.3 Å². The number of rotatable bonds is 8. The van der Waals surface area contributed by atoms with E-state index in [4.69, 9.17) is 14.2 Å². The predicted molar refractivity (Wildman–Crippen MR) is 118 cm³/mol. The van der Waals surface area contributed by atoms with Gasteiger partial charge in [-0.15, -0.1) is 0 Å². The molecule has 0 amide bonds. The highest BCUT2D eigenvalue weighted by atomic mass is 16.5. The van der Waals surface area contributed by atoms with Crippen molar-refractivity contribution in [3.05, 3.63) is 59.2 Å². The maximum absolute atomic E-state index is 12.7. The normalized spacial score (nSPS) is 12.4. The van der Waals surface area contributed by atoms with Gasteiger partial charge >= 0.3 is 5.97 Å². The van der Waals surface area contributed by atoms with E-state index in [1.807, 2.05) is 26.0 Å². The van der Waals surface area contributed by atoms with Crippen LogP contribution < -0.4 is 9.47 Å². The first-order chi connectivity index (χ1) is 14.0. The Morgan fingerprint density at radius 2 is 1.50 bits per heavy atom. The second kappa shape index (κ2) is 9.79. The van der Waals surface area contributed by atoms with Crippen LogP contribution in [0.15, 0.2) is 42.5 Å². The molecule has 0 spiro atoms. The molecule has 1 atom stereocenters. The van der Waals surface area contributed by atoms with Gasteiger partial charge in [-0.05, 0) is 42.0 Å². The van der Waals surface area contributed by atoms with E-state index >= 15 is 0 Å². The number of Topliss-reactive ketones (excluding diaryl/α,β-unsaturated/α-hetero) is 1. The standard InChI is InChI=1S/C25H32O5/c1-16(2)15-29-21-13-10-19(14-22(21)28-7)24(27)30-17(3)23(26)18-8-11-20(12-9-18)25(4,5)6/h8-14,16-17H,15H2,1-7H3/t17-/m0/s1. The topological polar surface area (TPSA) is 61.8 Å². The van der Waals surface area contributed by atoms with Crippen molar-refractivity contribution in [3.8, 4) is 11.5 Å². The summed E-state index contributed by atoms with van der Waals surface area (Å²) < 4.78 is 16.4. The van der Waals surface area contributed by atoms with Crippen LogP contribution in [0.4, 0.5) is 0 Å². The number of hydrogen-bond acceptors (Lipinski definition) is 5. The minimum atomic E-state index is -0.902. The SMILES string of the molecule is COc1cc(C(=O)O[C@@H](C)C(=O)c2ccc(C(C)(C)C)cc2)ccc1OCC(C)C. The van der Waals surface area contributed by atoms with Crippen molar-refractivity contribution in [3.63, 3.8) is 0 Å². The molecule has 0 aromatic heterocycles. The molecule has 0 aliphatic rings. The number of ether oxygens (including phenoxy) is 3. The van der Waals surface area contributed by atoms with Gasteiger partial charge in [0, 0.05) is 5.56 Å². The van der Waals surface area contributed by atoms with Crippen LogP contribution in [0, 0.1) is 5.92 Å². The van der Waals surface area contributed by atoms with E-state index in [-0.39, 0.29) is 11.2 Å². The summed E-state index contributed by atoms with van der Waals surface area (Å²) in [7, 11) is 1.51. The fraction of sp³-hybridized carbons (Fsp3) is 0.440. The second-order valence-electron chi connectivity index (χ2n) is 8.81. The molecule has 2 rings (SSSR count). The molecule has 0 bridgehead atoms. The average molecular weight is 413 g/mol. The maximum atomic E-state index is 12.7. The van der Waals surface area contributed by atoms with E-state index in [1.54, 1.807) is 37.3 Å². The zero-order chi connectivity index (χ0) is 22.5. The van der Waals surface area contributed by atoms with E-state index in [9.17, 15) is 9.59 Å². The largest absolute Gasteiger partial charge is 0.493 e. The van der Waals surface area contributed by atoms with E-state index in [0.29, 0.717) is 35.2 Å². The molecule has 2 aromatic carbocycles. The lowest BCUT2D eigenvalue weighted by Crippen LogP contribution is -2.24. The summed E-state index contributed by atoms with van der Waals surface area (Å²) >= 11 is 0. The van der Waals surface area contributed by atoms with Gasteiger partial charge in [-0.1, -0.05) is 58.9 Å². The first-order valence-electron chi connectivity index (χ1n) is 10.2. The van der Waals surface area contributed by atoms with Crippen molar-refractivity contribution in [1.82, 2.24) is 0 Å². The summed E-state index contributed by atoms with van der Waals surface area (Å²) in [6.45, 7) is 12.6. The molecule has 162 valence electrons. The van der Waals surface area contributed by atoms with Crippen molar-refractivity contribution in [2.24, 2.45) is 5.92 Å². The summed E-state index contributed by atoms with van der Waals surface area (Å²) in [5.41, 5.74) is 1.95. The number of ketones is 1. The number of carbonyl (C=O) groups is 2. The highest BCUT2D eigenvalue weighted by Crippen LogP contribution is 2.29. The zero-order valence-electron chi connectivity index (χ0n) is 18.9. The Hall–Kier alpha value is -2.82. The Morgan fingerprint density at radius 3 is 2.03 bits per heavy atom. The molecule has 0 saturated carbocycles. The van der Waals surface area contributed by atoms with Crippen LogP contribution in [0.3, 0.4) is 0 Å². The third-order valence-electron chi connectivity index (χ3n) is 4.66. The van der Waals surface area contributed by atoms with Crippen molar-refractivity contribution < 1.29 is 23.8 Å². The van der Waals surface area contributed by atoms with Crippen molar-refractivity contribution in [2.45, 2.75) is 53.1 Å². The summed E-state index contributed by atoms with van der Waals surface area (Å²) in [6.07, 6.45) is -0.902. The average Bonchev–Trinajstić information content (AvgIpc) is 2.70. The van der Waals surface area contributed by atoms with E-state index < -0.39 is 12.1 Å². The number of methoxy groups -OCH3 is 1. The lowest BCUT2D eigenvalue weighted by Gasteiger charge is -2.19. The van der Waals surface area contributed by atoms with Gasteiger partial charge in [-0.25, -0.2) is 4.79 Å². The smallest absolute Gasteiger partial charge is 0.338 e. The number of benzene rings is 2. The van der Waals surface area contributed by atoms with Gasteiger partial charge in [-0.3, -0.25) is 4.79 Å². The molecule has 0 heterocycles. The van der Waals surface area contributed by atoms with Crippen molar-refractivity contribution in [2.75, 3.05) is 13.7 Å². The fourth-order valence-corrected chi connectivity index (χ4v) is 2.82. The lowest BCUT2D eigenvalue weighted by molar-refractivity contribution is 0.0318. The molecule has 0 aliphatic carbocycles. The van der Waals surface area contributed by atoms with Crippen LogP contribution in [-0.2, 0) is 10.2 Å². The minimum absolute atomic E-state index is 0.00373. The molecule has 0 N–H and O–H groups in total. The molecule has 0 aliphatic heterocycles. The monoisotopic (exact) mass is 412 g/mol. The molecular weight excluding hydrogens is 380 g/mol. The Kier molecular flexibility index (Phi) is 7.65. The first-order valence-corrected chi connectivity index (χ1v) is 10.2. The van der Waals surface area contributed by atoms with E-state index in [1.165, 1.54) is 7.11 Å². The maximum Gasteiger partial charge on any atom is 0.338 e. The minimum Gasteiger partial charge on any atom is -0.493 e. The van der Waals surface area contributed by atoms with Gasteiger partial charge < -0.3 is 14.2 Å². The summed E-state index contributed by atoms with van der Waals surface area (Å²) in [5.74, 6) is 0.542. The van der Waals surface area contributed by atoms with Crippen LogP contribution in [-0.4, -0.2) is 31.6 Å². The Labute approximate surface area is 179 Å². The second-order valence-corrected chi connectivity index (χ2v) is 8.81. The molecular formula is C25H32O5. The highest BCUT2D eigenvalue weighted by Gasteiger charge is 2.22. The summed E-state index contributed by atoms with van der Waals surface area (Å²) in [4.78, 5) is 25.2. The summed E-state index contributed by atoms with van der Waals surface area (Å²) in [5, 5.41) is 0. The molecule has 0 unspecified atom stereocenters. The Morgan fingerprint density at radius 1 is 0.900 bits per heavy atom. The number of esters is 1. The van der Waals surface area contributed by atoms with Crippen LogP contribution in [0.1, 0.15) is 67.8 Å². The van der Waals surface area contributed by atoms with Gasteiger partial charge in [-0.2, -0.15) is 0 Å². The third-order valence-corrected chi connectivity index (χ3v) is 4.66. The van der Waals surface area contributed by atoms with Crippen LogP contribution in [0.25, 0.3) is 0 Å². The zero-order valence-corrected chi connectivity index (χ0v) is 18.9. The summed E-state index contributed by atoms with van der Waals surface area (Å²) in [6, 6.07) is 12.3. The molecule has 0 radical (unpaired) electrons. The predicted octanol–water partition coefficient (Wildman–Crippen LogP) is 5.46. The van der Waals surface area contributed by atoms with E-state index in [0.717, 1.165) is 5.56 Å². The molecule has 2 aromatic rings. The van der Waals surface area contributed by atoms with Crippen LogP contribution in [0.5, 0.6) is 11.5 Å². The third kappa shape index (κ3) is 6.09. The molecule has 5 nitrogen and oxygen atoms in total. The number of carbonyl (C=O) groups excluding carboxylic acids is 2. The lowest BCUT2D eigenvalue weighted by atomic mass is 9.86. The quantitative estimate of drug-likeness (QED) is 0.426. The fourth-order valence-electron chi connectivity index (χ4n) is 2.82. The van der Waals surface area contributed by atoms with Crippen LogP contribution >= 0.6 is 0 Å². The van der Waals surface area contributed by atoms with Crippen molar-refractivity contribution >= 4 is 11.8 Å². The van der Waals surface area contributed by atoms with E-state index in [2.05, 4.69) is 20.8 Å². The number of hydrogen-bond donors (Lipinski definition) is 0. The van der Waals surface area contributed by atoms with Crippen molar-refractivity contribution in [1.29, 1.82) is 0 Å². The van der Waals surface area contributed by atoms with Gasteiger partial charge in [0.25, 0.3) is 0 Å². The highest BCUT2D eigenvalue weighted by molar-refractivity contribution is 6.01. The van der Waals surface area contributed by atoms with Gasteiger partial charge in [0.15, 0.2) is 17.6 Å². The molecule has 5 heteroatoms. The van der Waals surface area contributed by atoms with Gasteiger partial charge in [0.1, 0.15) is 0 Å². The Balaban J connectivity index is 2.08. The molecule has 0 saturated heterocycles. The molecule has 30 heavy (non-hydrogen) atoms.